The largest absolute Gasteiger partial charge is 0.0763 e. The summed E-state index contributed by atoms with van der Waals surface area (Å²) < 4.78 is 0. The molecule has 2 heteroatoms. The molecular weight excluding hydrogens is 662 g/mol. The maximum absolute atomic E-state index is 2.57. The van der Waals surface area contributed by atoms with Crippen LogP contribution in [0.5, 0.6) is 0 Å². The Hall–Kier alpha value is -4.34. The molecule has 0 amide bonds. The Morgan fingerprint density at radius 3 is 1.56 bits per heavy atom. The Morgan fingerprint density at radius 1 is 0.385 bits per heavy atom. The summed E-state index contributed by atoms with van der Waals surface area (Å²) in [6.07, 6.45) is 17.1. The summed E-state index contributed by atoms with van der Waals surface area (Å²) in [7, 11) is -0.924. The van der Waals surface area contributed by atoms with Crippen molar-refractivity contribution in [3.05, 3.63) is 165 Å². The molecule has 0 saturated carbocycles. The van der Waals surface area contributed by atoms with E-state index in [-0.39, 0.29) is 0 Å². The van der Waals surface area contributed by atoms with Crippen molar-refractivity contribution in [2.45, 2.75) is 63.2 Å². The highest BCUT2D eigenvalue weighted by molar-refractivity contribution is 7.70. The van der Waals surface area contributed by atoms with E-state index < -0.39 is 15.8 Å². The van der Waals surface area contributed by atoms with E-state index in [9.17, 15) is 0 Å². The van der Waals surface area contributed by atoms with Gasteiger partial charge < -0.3 is 0 Å². The minimum atomic E-state index is -0.477. The molecule has 2 aliphatic carbocycles. The molecule has 0 nitrogen and oxygen atoms in total. The van der Waals surface area contributed by atoms with Crippen LogP contribution >= 0.6 is 15.8 Å². The van der Waals surface area contributed by atoms with Gasteiger partial charge in [-0.05, 0) is 161 Å². The van der Waals surface area contributed by atoms with E-state index in [2.05, 4.69) is 133 Å². The van der Waals surface area contributed by atoms with Crippen LogP contribution in [-0.4, -0.2) is 0 Å². The Kier molecular flexibility index (Phi) is 7.60. The third kappa shape index (κ3) is 5.02. The first-order chi connectivity index (χ1) is 25.8. The summed E-state index contributed by atoms with van der Waals surface area (Å²) in [6, 6.07) is 47.6. The molecule has 0 bridgehead atoms. The number of hydrogen-bond donors (Lipinski definition) is 0. The van der Waals surface area contributed by atoms with Crippen LogP contribution in [0, 0.1) is 0 Å². The van der Waals surface area contributed by atoms with Crippen LogP contribution in [0.25, 0.3) is 56.0 Å². The van der Waals surface area contributed by atoms with Crippen molar-refractivity contribution >= 4 is 60.1 Å². The zero-order chi connectivity index (χ0) is 34.2. The Labute approximate surface area is 309 Å². The fourth-order valence-corrected chi connectivity index (χ4v) is 15.9. The van der Waals surface area contributed by atoms with E-state index in [4.69, 9.17) is 0 Å². The summed E-state index contributed by atoms with van der Waals surface area (Å²) in [6.45, 7) is 0. The lowest BCUT2D eigenvalue weighted by molar-refractivity contribution is 0.686. The molecule has 0 spiro atoms. The summed E-state index contributed by atoms with van der Waals surface area (Å²) in [5.74, 6) is 0. The lowest BCUT2D eigenvalue weighted by atomic mass is 9.81. The molecule has 7 aromatic carbocycles. The van der Waals surface area contributed by atoms with Crippen LogP contribution in [0.3, 0.4) is 0 Å². The van der Waals surface area contributed by atoms with Crippen molar-refractivity contribution < 1.29 is 0 Å². The second-order valence-electron chi connectivity index (χ2n) is 15.4. The second kappa shape index (κ2) is 12.7. The van der Waals surface area contributed by atoms with Gasteiger partial charge >= 0.3 is 0 Å². The summed E-state index contributed by atoms with van der Waals surface area (Å²) in [5.41, 5.74) is 15.7. The van der Waals surface area contributed by atoms with E-state index in [1.807, 2.05) is 0 Å². The molecule has 0 radical (unpaired) electrons. The highest BCUT2D eigenvalue weighted by Gasteiger charge is 2.31. The van der Waals surface area contributed by atoms with Gasteiger partial charge in [-0.15, -0.1) is 0 Å². The molecular formula is C50H42P2. The maximum Gasteiger partial charge on any atom is -0.00232 e. The minimum Gasteiger partial charge on any atom is -0.0763 e. The fraction of sp³-hybridized carbons (Fsp3) is 0.200. The molecule has 52 heavy (non-hydrogen) atoms. The van der Waals surface area contributed by atoms with Crippen LogP contribution in [0.2, 0.25) is 0 Å². The number of fused-ring (bicyclic) bond motifs is 14. The summed E-state index contributed by atoms with van der Waals surface area (Å²) in [4.78, 5) is 0. The molecule has 0 N–H and O–H groups in total. The predicted molar refractivity (Wildman–Crippen MR) is 227 cm³/mol. The van der Waals surface area contributed by atoms with E-state index in [1.54, 1.807) is 44.0 Å². The Morgan fingerprint density at radius 2 is 0.885 bits per heavy atom. The van der Waals surface area contributed by atoms with Crippen LogP contribution < -0.4 is 21.0 Å². The van der Waals surface area contributed by atoms with E-state index >= 15 is 0 Å². The topological polar surface area (TPSA) is 0 Å². The van der Waals surface area contributed by atoms with Gasteiger partial charge in [-0.25, -0.2) is 0 Å². The normalized spacial score (nSPS) is 17.7. The molecule has 7 aromatic rings. The first-order valence-corrected chi connectivity index (χ1v) is 22.8. The van der Waals surface area contributed by atoms with Gasteiger partial charge in [-0.2, -0.15) is 0 Å². The minimum absolute atomic E-state index is 0.447. The average molecular weight is 705 g/mol. The molecule has 2 heterocycles. The average Bonchev–Trinajstić information content (AvgIpc) is 3.49. The van der Waals surface area contributed by atoms with Gasteiger partial charge in [0.25, 0.3) is 0 Å². The van der Waals surface area contributed by atoms with Crippen LogP contribution in [0.1, 0.15) is 59.1 Å². The number of aryl methyl sites for hydroxylation is 1. The Bertz CT molecular complexity index is 2630. The maximum atomic E-state index is 2.57. The summed E-state index contributed by atoms with van der Waals surface area (Å²) in [5, 5.41) is 11.7. The van der Waals surface area contributed by atoms with E-state index in [0.29, 0.717) is 0 Å². The van der Waals surface area contributed by atoms with E-state index in [1.165, 1.54) is 86.1 Å². The van der Waals surface area contributed by atoms with Crippen LogP contribution in [-0.2, 0) is 37.5 Å². The molecule has 0 fully saturated rings. The third-order valence-electron chi connectivity index (χ3n) is 12.4. The molecule has 2 aliphatic heterocycles. The fourth-order valence-electron chi connectivity index (χ4n) is 10.1. The number of benzene rings is 7. The van der Waals surface area contributed by atoms with Crippen molar-refractivity contribution in [2.75, 3.05) is 0 Å². The van der Waals surface area contributed by atoms with Gasteiger partial charge in [0.15, 0.2) is 0 Å². The van der Waals surface area contributed by atoms with Gasteiger partial charge in [0.05, 0.1) is 0 Å². The van der Waals surface area contributed by atoms with Crippen molar-refractivity contribution in [1.82, 2.24) is 0 Å². The summed E-state index contributed by atoms with van der Waals surface area (Å²) >= 11 is 0. The molecule has 4 aliphatic rings. The van der Waals surface area contributed by atoms with Gasteiger partial charge in [0, 0.05) is 0 Å². The second-order valence-corrected chi connectivity index (χ2v) is 19.8. The van der Waals surface area contributed by atoms with Crippen molar-refractivity contribution in [2.24, 2.45) is 0 Å². The van der Waals surface area contributed by atoms with Gasteiger partial charge in [0.1, 0.15) is 0 Å². The molecule has 0 saturated heterocycles. The highest BCUT2D eigenvalue weighted by Crippen LogP contribution is 2.55. The van der Waals surface area contributed by atoms with Crippen molar-refractivity contribution in [3.8, 4) is 22.3 Å². The smallest absolute Gasteiger partial charge is 0.00232 e. The first kappa shape index (κ1) is 31.2. The predicted octanol–water partition coefficient (Wildman–Crippen LogP) is 11.2. The van der Waals surface area contributed by atoms with E-state index in [0.717, 1.165) is 31.3 Å². The number of hydrogen-bond acceptors (Lipinski definition) is 0. The van der Waals surface area contributed by atoms with Gasteiger partial charge in [-0.3, -0.25) is 0 Å². The standard InChI is InChI=1S/C50H42P2/c1-5-15-41-33(11-1)21-25-37-29-51(30-38-26-22-34-12-2-6-16-42(34)48(38)47(37)41)45-19-9-10-20-46(45)52-31-39-27-23-35-13-3-7-17-43(35)49(39)50-40(32-52)28-24-36-14-4-8-18-44(36)50/h1-2,5-6,9-13,15-17,19-28H,3-4,7-8,14,18,29-32H2. The van der Waals surface area contributed by atoms with Crippen LogP contribution in [0.15, 0.2) is 121 Å². The Balaban J connectivity index is 1.09. The zero-order valence-electron chi connectivity index (χ0n) is 29.7. The van der Waals surface area contributed by atoms with Gasteiger partial charge in [0.2, 0.25) is 0 Å². The van der Waals surface area contributed by atoms with Gasteiger partial charge in [-0.1, -0.05) is 149 Å². The first-order valence-electron chi connectivity index (χ1n) is 19.4. The van der Waals surface area contributed by atoms with Crippen LogP contribution in [0.4, 0.5) is 0 Å². The lowest BCUT2D eigenvalue weighted by Crippen LogP contribution is -2.30. The SMILES string of the molecule is C1=c2ccc3c(c2=CCC1)-c1c(ccc2c1CCCC2)CP(c1ccccc1P1Cc2ccc4ccccc4c2-c2c(ccc4ccccc24)C1)C3. The molecule has 1 atom stereocenters. The molecule has 252 valence electrons. The monoisotopic (exact) mass is 704 g/mol. The quantitative estimate of drug-likeness (QED) is 0.157. The molecule has 1 unspecified atom stereocenters. The molecule has 0 aromatic heterocycles. The highest BCUT2D eigenvalue weighted by atomic mass is 31.1. The van der Waals surface area contributed by atoms with Crippen molar-refractivity contribution in [1.29, 1.82) is 0 Å². The third-order valence-corrected chi connectivity index (χ3v) is 17.6. The van der Waals surface area contributed by atoms with Crippen molar-refractivity contribution in [3.63, 3.8) is 0 Å². The number of rotatable bonds is 2. The molecule has 11 rings (SSSR count). The lowest BCUT2D eigenvalue weighted by Gasteiger charge is -2.26. The zero-order valence-corrected chi connectivity index (χ0v) is 31.5.